The van der Waals surface area contributed by atoms with Crippen LogP contribution in [0.4, 0.5) is 0 Å². The number of hydrogen-bond acceptors (Lipinski definition) is 3. The molecule has 0 bridgehead atoms. The van der Waals surface area contributed by atoms with Crippen molar-refractivity contribution < 1.29 is 9.53 Å². The number of allylic oxidation sites excluding steroid dienone is 1. The minimum atomic E-state index is -0.247. The summed E-state index contributed by atoms with van der Waals surface area (Å²) >= 11 is 0. The lowest BCUT2D eigenvalue weighted by molar-refractivity contribution is -0.114. The molecule has 0 aliphatic carbocycles. The van der Waals surface area contributed by atoms with Gasteiger partial charge in [0.15, 0.2) is 0 Å². The fraction of sp³-hybridized carbons (Fsp3) is 0.400. The first-order chi connectivity index (χ1) is 6.56. The Morgan fingerprint density at radius 1 is 1.57 bits per heavy atom. The van der Waals surface area contributed by atoms with Crippen molar-refractivity contribution in [2.75, 3.05) is 21.2 Å². The molecule has 78 valence electrons. The zero-order valence-electron chi connectivity index (χ0n) is 9.05. The van der Waals surface area contributed by atoms with Crippen LogP contribution in [-0.2, 0) is 9.53 Å². The van der Waals surface area contributed by atoms with Gasteiger partial charge in [0.05, 0.1) is 7.11 Å². The molecule has 1 N–H and O–H groups in total. The predicted molar refractivity (Wildman–Crippen MR) is 57.3 cm³/mol. The molecule has 0 fully saturated rings. The van der Waals surface area contributed by atoms with Gasteiger partial charge in [-0.3, -0.25) is 9.79 Å². The van der Waals surface area contributed by atoms with Crippen molar-refractivity contribution in [1.29, 1.82) is 0 Å². The molecule has 0 aromatic heterocycles. The molecule has 0 radical (unpaired) electrons. The van der Waals surface area contributed by atoms with Gasteiger partial charge in [-0.25, -0.2) is 0 Å². The summed E-state index contributed by atoms with van der Waals surface area (Å²) in [6.07, 6.45) is 1.56. The van der Waals surface area contributed by atoms with E-state index in [1.807, 2.05) is 0 Å². The van der Waals surface area contributed by atoms with Gasteiger partial charge in [0.2, 0.25) is 0 Å². The summed E-state index contributed by atoms with van der Waals surface area (Å²) < 4.78 is 5.04. The third-order valence-electron chi connectivity index (χ3n) is 1.61. The minimum Gasteiger partial charge on any atom is -0.496 e. The Kier molecular flexibility index (Phi) is 5.29. The van der Waals surface area contributed by atoms with Crippen LogP contribution in [0.15, 0.2) is 29.0 Å². The number of ether oxygens (including phenoxy) is 1. The second-order valence-corrected chi connectivity index (χ2v) is 2.68. The highest BCUT2D eigenvalue weighted by Gasteiger charge is 2.07. The standard InChI is InChI=1S/C10H16N2O2/c1-7(2)9(14-5)6-8(11-3)10(13)12-4/h6H,1H2,2-5H3,(H,12,13)/b9-6+,11-8?. The Labute approximate surface area is 84.4 Å². The molecule has 0 saturated heterocycles. The Morgan fingerprint density at radius 2 is 2.14 bits per heavy atom. The lowest BCUT2D eigenvalue weighted by Crippen LogP contribution is -2.26. The second-order valence-electron chi connectivity index (χ2n) is 2.68. The highest BCUT2D eigenvalue weighted by Crippen LogP contribution is 2.07. The number of rotatable bonds is 4. The van der Waals surface area contributed by atoms with Crippen LogP contribution in [0.1, 0.15) is 6.92 Å². The molecule has 0 aliphatic rings. The van der Waals surface area contributed by atoms with E-state index in [0.29, 0.717) is 11.5 Å². The molecule has 0 atom stereocenters. The van der Waals surface area contributed by atoms with Crippen LogP contribution in [0, 0.1) is 0 Å². The zero-order valence-corrected chi connectivity index (χ0v) is 9.05. The molecule has 0 rings (SSSR count). The first-order valence-corrected chi connectivity index (χ1v) is 4.17. The molecule has 4 heteroatoms. The first kappa shape index (κ1) is 12.4. The molecule has 4 nitrogen and oxygen atoms in total. The van der Waals surface area contributed by atoms with Crippen LogP contribution in [0.2, 0.25) is 0 Å². The minimum absolute atomic E-state index is 0.247. The summed E-state index contributed by atoms with van der Waals surface area (Å²) in [4.78, 5) is 15.1. The van der Waals surface area contributed by atoms with Crippen LogP contribution in [0.3, 0.4) is 0 Å². The molecule has 14 heavy (non-hydrogen) atoms. The molecule has 0 aromatic carbocycles. The average Bonchev–Trinajstić information content (AvgIpc) is 2.18. The van der Waals surface area contributed by atoms with Crippen molar-refractivity contribution in [2.24, 2.45) is 4.99 Å². The first-order valence-electron chi connectivity index (χ1n) is 4.17. The van der Waals surface area contributed by atoms with Crippen LogP contribution in [0.25, 0.3) is 0 Å². The number of aliphatic imine (C=N–C) groups is 1. The molecule has 0 heterocycles. The monoisotopic (exact) mass is 196 g/mol. The fourth-order valence-corrected chi connectivity index (χ4v) is 0.840. The van der Waals surface area contributed by atoms with E-state index in [4.69, 9.17) is 4.74 Å². The summed E-state index contributed by atoms with van der Waals surface area (Å²) in [5, 5.41) is 2.48. The zero-order chi connectivity index (χ0) is 11.1. The maximum Gasteiger partial charge on any atom is 0.269 e. The van der Waals surface area contributed by atoms with Gasteiger partial charge in [-0.05, 0) is 12.5 Å². The molecule has 0 aromatic rings. The van der Waals surface area contributed by atoms with Crippen molar-refractivity contribution >= 4 is 11.6 Å². The number of nitrogens with one attached hydrogen (secondary N) is 1. The van der Waals surface area contributed by atoms with Crippen LogP contribution in [-0.4, -0.2) is 32.8 Å². The fourth-order valence-electron chi connectivity index (χ4n) is 0.840. The van der Waals surface area contributed by atoms with E-state index in [9.17, 15) is 4.79 Å². The third-order valence-corrected chi connectivity index (χ3v) is 1.61. The van der Waals surface area contributed by atoms with E-state index in [1.165, 1.54) is 7.11 Å². The largest absolute Gasteiger partial charge is 0.496 e. The van der Waals surface area contributed by atoms with Crippen molar-refractivity contribution in [3.05, 3.63) is 24.0 Å². The quantitative estimate of drug-likeness (QED) is 0.413. The van der Waals surface area contributed by atoms with Gasteiger partial charge in [-0.15, -0.1) is 0 Å². The summed E-state index contributed by atoms with van der Waals surface area (Å²) in [6, 6.07) is 0. The summed E-state index contributed by atoms with van der Waals surface area (Å²) in [7, 11) is 4.62. The van der Waals surface area contributed by atoms with Gasteiger partial charge < -0.3 is 10.1 Å². The highest BCUT2D eigenvalue weighted by atomic mass is 16.5. The van der Waals surface area contributed by atoms with E-state index in [1.54, 1.807) is 27.1 Å². The number of nitrogens with zero attached hydrogens (tertiary/aromatic N) is 1. The summed E-state index contributed by atoms with van der Waals surface area (Å²) in [6.45, 7) is 5.52. The molecular formula is C10H16N2O2. The van der Waals surface area contributed by atoms with Crippen molar-refractivity contribution in [3.63, 3.8) is 0 Å². The maximum absolute atomic E-state index is 11.2. The molecule has 0 unspecified atom stereocenters. The van der Waals surface area contributed by atoms with Gasteiger partial charge in [0.25, 0.3) is 5.91 Å². The number of hydrogen-bond donors (Lipinski definition) is 1. The SMILES string of the molecule is C=C(C)/C(=C\C(=NC)C(=O)NC)OC. The van der Waals surface area contributed by atoms with Crippen LogP contribution in [0.5, 0.6) is 0 Å². The average molecular weight is 196 g/mol. The van der Waals surface area contributed by atoms with E-state index in [2.05, 4.69) is 16.9 Å². The Morgan fingerprint density at radius 3 is 2.43 bits per heavy atom. The number of carbonyl (C=O) groups excluding carboxylic acids is 1. The topological polar surface area (TPSA) is 50.7 Å². The van der Waals surface area contributed by atoms with Crippen molar-refractivity contribution in [2.45, 2.75) is 6.92 Å². The third kappa shape index (κ3) is 3.43. The second kappa shape index (κ2) is 5.96. The molecule has 0 aliphatic heterocycles. The smallest absolute Gasteiger partial charge is 0.269 e. The summed E-state index contributed by atoms with van der Waals surface area (Å²) in [5.41, 5.74) is 1.06. The van der Waals surface area contributed by atoms with E-state index in [0.717, 1.165) is 5.57 Å². The molecule has 0 spiro atoms. The van der Waals surface area contributed by atoms with E-state index < -0.39 is 0 Å². The van der Waals surface area contributed by atoms with Gasteiger partial charge in [0.1, 0.15) is 11.5 Å². The highest BCUT2D eigenvalue weighted by molar-refractivity contribution is 6.43. The number of methoxy groups -OCH3 is 1. The van der Waals surface area contributed by atoms with E-state index >= 15 is 0 Å². The number of carbonyl (C=O) groups is 1. The number of amides is 1. The summed E-state index contributed by atoms with van der Waals surface area (Å²) in [5.74, 6) is 0.303. The Balaban J connectivity index is 4.91. The lowest BCUT2D eigenvalue weighted by atomic mass is 10.2. The predicted octanol–water partition coefficient (Wildman–Crippen LogP) is 0.910. The van der Waals surface area contributed by atoms with Gasteiger partial charge >= 0.3 is 0 Å². The van der Waals surface area contributed by atoms with Crippen molar-refractivity contribution in [3.8, 4) is 0 Å². The molecule has 0 saturated carbocycles. The molecular weight excluding hydrogens is 180 g/mol. The van der Waals surface area contributed by atoms with Gasteiger partial charge in [-0.1, -0.05) is 6.58 Å². The lowest BCUT2D eigenvalue weighted by Gasteiger charge is -2.05. The maximum atomic E-state index is 11.2. The van der Waals surface area contributed by atoms with Crippen molar-refractivity contribution in [1.82, 2.24) is 5.32 Å². The Bertz CT molecular complexity index is 290. The van der Waals surface area contributed by atoms with E-state index in [-0.39, 0.29) is 5.91 Å². The van der Waals surface area contributed by atoms with Gasteiger partial charge in [0, 0.05) is 20.2 Å². The molecule has 1 amide bonds. The Hall–Kier alpha value is -1.58. The van der Waals surface area contributed by atoms with Gasteiger partial charge in [-0.2, -0.15) is 0 Å². The van der Waals surface area contributed by atoms with Crippen LogP contribution >= 0.6 is 0 Å². The van der Waals surface area contributed by atoms with Crippen LogP contribution < -0.4 is 5.32 Å². The normalized spacial score (nSPS) is 12.3.